The fourth-order valence-corrected chi connectivity index (χ4v) is 11.1. The second kappa shape index (κ2) is 20.0. The number of hydrogen-bond donors (Lipinski definition) is 0. The molecule has 1 nitrogen and oxygen atoms in total. The number of anilines is 3. The van der Waals surface area contributed by atoms with E-state index < -0.39 is 0 Å². The Balaban J connectivity index is 1.01. The minimum Gasteiger partial charge on any atom is -0.310 e. The zero-order valence-electron chi connectivity index (χ0n) is 41.4. The quantitative estimate of drug-likeness (QED) is 0.117. The molecule has 0 unspecified atom stereocenters. The summed E-state index contributed by atoms with van der Waals surface area (Å²) in [5.74, 6) is 0. The topological polar surface area (TPSA) is 3.24 Å². The third-order valence-corrected chi connectivity index (χ3v) is 14.6. The van der Waals surface area contributed by atoms with Crippen LogP contribution in [0.4, 0.5) is 17.1 Å². The van der Waals surface area contributed by atoms with Crippen LogP contribution in [0.5, 0.6) is 0 Å². The van der Waals surface area contributed by atoms with E-state index in [0.29, 0.717) is 0 Å². The summed E-state index contributed by atoms with van der Waals surface area (Å²) in [5, 5.41) is 4.96. The van der Waals surface area contributed by atoms with Crippen molar-refractivity contribution in [3.8, 4) is 89.0 Å². The predicted molar refractivity (Wildman–Crippen MR) is 320 cm³/mol. The number of hydrogen-bond acceptors (Lipinski definition) is 1. The molecule has 0 aliphatic heterocycles. The van der Waals surface area contributed by atoms with E-state index in [-0.39, 0.29) is 0 Å². The maximum Gasteiger partial charge on any atom is 0.0473 e. The molecular formula is C74H51N. The van der Waals surface area contributed by atoms with Crippen LogP contribution in [0.3, 0.4) is 0 Å². The summed E-state index contributed by atoms with van der Waals surface area (Å²) >= 11 is 0. The molecule has 0 N–H and O–H groups in total. The first kappa shape index (κ1) is 45.1. The molecule has 13 aromatic rings. The fraction of sp³-hybridized carbons (Fsp3) is 0. The summed E-state index contributed by atoms with van der Waals surface area (Å²) in [5.41, 5.74) is 22.2. The molecule has 0 spiro atoms. The standard InChI is InChI=1S/C74H51N/c1-7-23-52(24-8-1)61-47-62(53-25-9-2-10-26-53)50-65(49-61)75(63-44-41-55(42-45-63)67-40-22-39-66(54-27-11-3-12-28-54)72(67)56-29-13-4-14-30-56)64-36-21-35-59(48-64)60-43-46-69-68-37-19-20-38-70(68)73(57-31-15-5-16-32-57)74(71(69)51-60)58-33-17-6-18-34-58/h1-51H. The van der Waals surface area contributed by atoms with Gasteiger partial charge in [-0.15, -0.1) is 0 Å². The minimum absolute atomic E-state index is 1.06. The maximum absolute atomic E-state index is 2.43. The van der Waals surface area contributed by atoms with E-state index in [1.54, 1.807) is 0 Å². The molecule has 0 saturated carbocycles. The van der Waals surface area contributed by atoms with Crippen LogP contribution >= 0.6 is 0 Å². The van der Waals surface area contributed by atoms with E-state index in [1.165, 1.54) is 82.7 Å². The smallest absolute Gasteiger partial charge is 0.0473 e. The van der Waals surface area contributed by atoms with Gasteiger partial charge < -0.3 is 4.90 Å². The van der Waals surface area contributed by atoms with Gasteiger partial charge >= 0.3 is 0 Å². The Kier molecular flexibility index (Phi) is 12.0. The molecule has 0 amide bonds. The highest BCUT2D eigenvalue weighted by atomic mass is 15.1. The molecule has 0 saturated heterocycles. The molecule has 0 aromatic heterocycles. The highest BCUT2D eigenvalue weighted by Crippen LogP contribution is 2.47. The molecule has 352 valence electrons. The van der Waals surface area contributed by atoms with Gasteiger partial charge in [0, 0.05) is 17.1 Å². The Bertz CT molecular complexity index is 4060. The average molecular weight is 954 g/mol. The van der Waals surface area contributed by atoms with Crippen molar-refractivity contribution in [1.82, 2.24) is 0 Å². The first-order valence-corrected chi connectivity index (χ1v) is 25.8. The maximum atomic E-state index is 2.43. The third-order valence-electron chi connectivity index (χ3n) is 14.6. The summed E-state index contributed by atoms with van der Waals surface area (Å²) in [6.45, 7) is 0. The van der Waals surface area contributed by atoms with Gasteiger partial charge in [0.05, 0.1) is 0 Å². The normalized spacial score (nSPS) is 11.2. The second-order valence-corrected chi connectivity index (χ2v) is 19.2. The lowest BCUT2D eigenvalue weighted by Crippen LogP contribution is -2.10. The van der Waals surface area contributed by atoms with E-state index in [2.05, 4.69) is 314 Å². The Morgan fingerprint density at radius 1 is 0.160 bits per heavy atom. The monoisotopic (exact) mass is 953 g/mol. The number of fused-ring (bicyclic) bond motifs is 3. The van der Waals surface area contributed by atoms with Crippen molar-refractivity contribution in [3.05, 3.63) is 309 Å². The summed E-state index contributed by atoms with van der Waals surface area (Å²) in [6.07, 6.45) is 0. The van der Waals surface area contributed by atoms with Gasteiger partial charge in [-0.25, -0.2) is 0 Å². The molecule has 0 atom stereocenters. The Morgan fingerprint density at radius 2 is 0.533 bits per heavy atom. The Labute approximate surface area is 439 Å². The molecule has 0 fully saturated rings. The van der Waals surface area contributed by atoms with Crippen molar-refractivity contribution < 1.29 is 0 Å². The van der Waals surface area contributed by atoms with Crippen molar-refractivity contribution in [1.29, 1.82) is 0 Å². The summed E-state index contributed by atoms with van der Waals surface area (Å²) in [7, 11) is 0. The molecular weight excluding hydrogens is 903 g/mol. The molecule has 75 heavy (non-hydrogen) atoms. The third kappa shape index (κ3) is 8.77. The number of nitrogens with zero attached hydrogens (tertiary/aromatic N) is 1. The van der Waals surface area contributed by atoms with E-state index in [9.17, 15) is 0 Å². The highest BCUT2D eigenvalue weighted by molar-refractivity contribution is 6.22. The molecule has 13 rings (SSSR count). The largest absolute Gasteiger partial charge is 0.310 e. The SMILES string of the molecule is c1ccc(-c2cc(-c3ccccc3)cc(N(c3ccc(-c4cccc(-c5ccccc5)c4-c4ccccc4)cc3)c3cccc(-c4ccc5c(c4)c(-c4ccccc4)c(-c4ccccc4)c4ccccc45)c3)c2)cc1. The van der Waals surface area contributed by atoms with Crippen LogP contribution in [0.1, 0.15) is 0 Å². The minimum atomic E-state index is 1.06. The van der Waals surface area contributed by atoms with Crippen molar-refractivity contribution in [2.75, 3.05) is 4.90 Å². The van der Waals surface area contributed by atoms with E-state index >= 15 is 0 Å². The number of benzene rings is 13. The van der Waals surface area contributed by atoms with Crippen molar-refractivity contribution in [2.24, 2.45) is 0 Å². The van der Waals surface area contributed by atoms with Crippen LogP contribution < -0.4 is 4.90 Å². The highest BCUT2D eigenvalue weighted by Gasteiger charge is 2.21. The van der Waals surface area contributed by atoms with Gasteiger partial charge in [-0.05, 0) is 159 Å². The van der Waals surface area contributed by atoms with Crippen LogP contribution in [0.15, 0.2) is 309 Å². The summed E-state index contributed by atoms with van der Waals surface area (Å²) in [4.78, 5) is 2.43. The van der Waals surface area contributed by atoms with Crippen molar-refractivity contribution in [2.45, 2.75) is 0 Å². The van der Waals surface area contributed by atoms with Crippen LogP contribution in [0.2, 0.25) is 0 Å². The predicted octanol–water partition coefficient (Wildman–Crippen LogP) is 20.8. The van der Waals surface area contributed by atoms with Crippen LogP contribution in [-0.4, -0.2) is 0 Å². The fourth-order valence-electron chi connectivity index (χ4n) is 11.1. The molecule has 0 aliphatic carbocycles. The molecule has 0 heterocycles. The lowest BCUT2D eigenvalue weighted by Gasteiger charge is -2.28. The average Bonchev–Trinajstić information content (AvgIpc) is 3.52. The van der Waals surface area contributed by atoms with Gasteiger partial charge in [-0.1, -0.05) is 261 Å². The first-order chi connectivity index (χ1) is 37.2. The molecule has 0 aliphatic rings. The van der Waals surface area contributed by atoms with Gasteiger partial charge in [0.2, 0.25) is 0 Å². The van der Waals surface area contributed by atoms with Crippen LogP contribution in [0.25, 0.3) is 111 Å². The zero-order chi connectivity index (χ0) is 49.9. The molecule has 1 heteroatoms. The lowest BCUT2D eigenvalue weighted by molar-refractivity contribution is 1.28. The van der Waals surface area contributed by atoms with Gasteiger partial charge in [0.15, 0.2) is 0 Å². The molecule has 0 radical (unpaired) electrons. The summed E-state index contributed by atoms with van der Waals surface area (Å²) in [6, 6.07) is 113. The van der Waals surface area contributed by atoms with Gasteiger partial charge in [-0.3, -0.25) is 0 Å². The van der Waals surface area contributed by atoms with Gasteiger partial charge in [0.1, 0.15) is 0 Å². The van der Waals surface area contributed by atoms with E-state index in [4.69, 9.17) is 0 Å². The van der Waals surface area contributed by atoms with Crippen LogP contribution in [-0.2, 0) is 0 Å². The molecule has 0 bridgehead atoms. The van der Waals surface area contributed by atoms with Crippen molar-refractivity contribution in [3.63, 3.8) is 0 Å². The van der Waals surface area contributed by atoms with Crippen molar-refractivity contribution >= 4 is 38.6 Å². The van der Waals surface area contributed by atoms with E-state index in [1.807, 2.05) is 0 Å². The van der Waals surface area contributed by atoms with E-state index in [0.717, 1.165) is 44.9 Å². The Hall–Kier alpha value is -9.82. The first-order valence-electron chi connectivity index (χ1n) is 25.8. The Morgan fingerprint density at radius 3 is 1.08 bits per heavy atom. The zero-order valence-corrected chi connectivity index (χ0v) is 41.4. The van der Waals surface area contributed by atoms with Crippen LogP contribution in [0, 0.1) is 0 Å². The van der Waals surface area contributed by atoms with Gasteiger partial charge in [0.25, 0.3) is 0 Å². The second-order valence-electron chi connectivity index (χ2n) is 19.2. The molecule has 13 aromatic carbocycles. The number of rotatable bonds is 11. The lowest BCUT2D eigenvalue weighted by atomic mass is 9.84. The van der Waals surface area contributed by atoms with Gasteiger partial charge in [-0.2, -0.15) is 0 Å². The summed E-state index contributed by atoms with van der Waals surface area (Å²) < 4.78 is 0.